The number of aliphatic carboxylic acids is 1. The fraction of sp³-hybridized carbons (Fsp3) is 0.500. The molecule has 1 atom stereocenters. The molecule has 0 saturated heterocycles. The molecule has 0 saturated carbocycles. The molecule has 1 rings (SSSR count). The second kappa shape index (κ2) is 9.06. The Kier molecular flexibility index (Phi) is 7.76. The molecule has 0 radical (unpaired) electrons. The first-order valence-electron chi connectivity index (χ1n) is 7.28. The number of carboxylic acids is 1. The van der Waals surface area contributed by atoms with Crippen molar-refractivity contribution >= 4 is 35.2 Å². The van der Waals surface area contributed by atoms with Gasteiger partial charge in [0.15, 0.2) is 0 Å². The maximum absolute atomic E-state index is 12.3. The summed E-state index contributed by atoms with van der Waals surface area (Å²) in [6.45, 7) is 6.06. The molecular weight excluding hydrogens is 322 g/mol. The van der Waals surface area contributed by atoms with Crippen LogP contribution < -0.4 is 5.32 Å². The number of nitrogens with one attached hydrogen (secondary N) is 1. The van der Waals surface area contributed by atoms with Crippen molar-refractivity contribution in [2.24, 2.45) is 11.8 Å². The molecule has 1 aromatic rings. The Bertz CT molecular complexity index is 534. The summed E-state index contributed by atoms with van der Waals surface area (Å²) in [6, 6.07) is 5.10. The van der Waals surface area contributed by atoms with Crippen LogP contribution in [0.3, 0.4) is 0 Å². The molecule has 122 valence electrons. The van der Waals surface area contributed by atoms with Crippen LogP contribution in [-0.4, -0.2) is 29.3 Å². The number of halogens is 1. The third-order valence-electron chi connectivity index (χ3n) is 3.10. The van der Waals surface area contributed by atoms with E-state index in [9.17, 15) is 14.7 Å². The second-order valence-corrected chi connectivity index (χ2v) is 7.19. The van der Waals surface area contributed by atoms with E-state index in [0.717, 1.165) is 10.6 Å². The van der Waals surface area contributed by atoms with Crippen LogP contribution in [0.1, 0.15) is 37.6 Å². The van der Waals surface area contributed by atoms with Gasteiger partial charge in [-0.3, -0.25) is 9.59 Å². The summed E-state index contributed by atoms with van der Waals surface area (Å²) >= 11 is 7.49. The summed E-state index contributed by atoms with van der Waals surface area (Å²) in [6.07, 6.45) is 0.535. The topological polar surface area (TPSA) is 66.4 Å². The van der Waals surface area contributed by atoms with E-state index in [2.05, 4.69) is 5.32 Å². The lowest BCUT2D eigenvalue weighted by molar-refractivity contribution is -0.142. The number of carbonyl (C=O) groups excluding carboxylic acids is 1. The standard InChI is InChI=1S/C16H22ClNO3S/c1-4-22-14-8-12(17)5-6-13(14)15(19)18-9-11(16(20)21)7-10(2)3/h5-6,8,10-11H,4,7,9H2,1-3H3,(H,18,19)(H,20,21). The Morgan fingerprint density at radius 2 is 2.05 bits per heavy atom. The first-order chi connectivity index (χ1) is 10.3. The van der Waals surface area contributed by atoms with Gasteiger partial charge in [0, 0.05) is 16.5 Å². The zero-order chi connectivity index (χ0) is 16.7. The highest BCUT2D eigenvalue weighted by atomic mass is 35.5. The summed E-state index contributed by atoms with van der Waals surface area (Å²) in [5.41, 5.74) is 0.532. The number of carboxylic acid groups (broad SMARTS) is 1. The summed E-state index contributed by atoms with van der Waals surface area (Å²) < 4.78 is 0. The number of benzene rings is 1. The van der Waals surface area contributed by atoms with Gasteiger partial charge in [0.1, 0.15) is 0 Å². The fourth-order valence-corrected chi connectivity index (χ4v) is 3.18. The Morgan fingerprint density at radius 1 is 1.36 bits per heavy atom. The lowest BCUT2D eigenvalue weighted by atomic mass is 9.97. The minimum absolute atomic E-state index is 0.130. The monoisotopic (exact) mass is 343 g/mol. The zero-order valence-electron chi connectivity index (χ0n) is 13.1. The highest BCUT2D eigenvalue weighted by Crippen LogP contribution is 2.26. The fourth-order valence-electron chi connectivity index (χ4n) is 2.11. The third-order valence-corrected chi connectivity index (χ3v) is 4.27. The van der Waals surface area contributed by atoms with E-state index >= 15 is 0 Å². The van der Waals surface area contributed by atoms with E-state index in [1.165, 1.54) is 11.8 Å². The summed E-state index contributed by atoms with van der Waals surface area (Å²) in [4.78, 5) is 24.3. The number of carbonyl (C=O) groups is 2. The average Bonchev–Trinajstić information content (AvgIpc) is 2.43. The molecule has 0 aliphatic heterocycles. The molecule has 0 aromatic heterocycles. The van der Waals surface area contributed by atoms with Crippen molar-refractivity contribution < 1.29 is 14.7 Å². The van der Waals surface area contributed by atoms with Gasteiger partial charge in [-0.2, -0.15) is 0 Å². The van der Waals surface area contributed by atoms with Crippen molar-refractivity contribution in [2.45, 2.75) is 32.1 Å². The lowest BCUT2D eigenvalue weighted by Crippen LogP contribution is -2.33. The minimum atomic E-state index is -0.881. The van der Waals surface area contributed by atoms with E-state index in [0.29, 0.717) is 17.0 Å². The summed E-state index contributed by atoms with van der Waals surface area (Å²) in [7, 11) is 0. The van der Waals surface area contributed by atoms with Crippen LogP contribution in [0, 0.1) is 11.8 Å². The van der Waals surface area contributed by atoms with E-state index in [-0.39, 0.29) is 18.4 Å². The van der Waals surface area contributed by atoms with E-state index in [1.54, 1.807) is 18.2 Å². The molecule has 0 bridgehead atoms. The third kappa shape index (κ3) is 5.89. The van der Waals surface area contributed by atoms with Crippen molar-refractivity contribution in [1.82, 2.24) is 5.32 Å². The Hall–Kier alpha value is -1.20. The van der Waals surface area contributed by atoms with Crippen LogP contribution in [0.25, 0.3) is 0 Å². The molecule has 0 heterocycles. The number of thioether (sulfide) groups is 1. The van der Waals surface area contributed by atoms with Gasteiger partial charge in [-0.15, -0.1) is 11.8 Å². The first-order valence-corrected chi connectivity index (χ1v) is 8.64. The summed E-state index contributed by atoms with van der Waals surface area (Å²) in [5, 5.41) is 12.5. The molecule has 6 heteroatoms. The average molecular weight is 344 g/mol. The van der Waals surface area contributed by atoms with Gasteiger partial charge in [-0.1, -0.05) is 32.4 Å². The first kappa shape index (κ1) is 18.8. The molecule has 1 unspecified atom stereocenters. The van der Waals surface area contributed by atoms with Crippen molar-refractivity contribution in [3.8, 4) is 0 Å². The maximum atomic E-state index is 12.3. The zero-order valence-corrected chi connectivity index (χ0v) is 14.6. The molecule has 1 amide bonds. The molecule has 0 aliphatic rings. The van der Waals surface area contributed by atoms with Gasteiger partial charge in [0.25, 0.3) is 5.91 Å². The van der Waals surface area contributed by atoms with Crippen molar-refractivity contribution in [2.75, 3.05) is 12.3 Å². The largest absolute Gasteiger partial charge is 0.481 e. The number of hydrogen-bond donors (Lipinski definition) is 2. The molecule has 22 heavy (non-hydrogen) atoms. The van der Waals surface area contributed by atoms with Gasteiger partial charge >= 0.3 is 5.97 Å². The molecule has 0 fully saturated rings. The van der Waals surface area contributed by atoms with E-state index in [4.69, 9.17) is 11.6 Å². The van der Waals surface area contributed by atoms with Gasteiger partial charge in [0.05, 0.1) is 11.5 Å². The smallest absolute Gasteiger partial charge is 0.308 e. The molecule has 2 N–H and O–H groups in total. The van der Waals surface area contributed by atoms with Crippen molar-refractivity contribution in [3.05, 3.63) is 28.8 Å². The molecule has 1 aromatic carbocycles. The SMILES string of the molecule is CCSc1cc(Cl)ccc1C(=O)NCC(CC(C)C)C(=O)O. The van der Waals surface area contributed by atoms with Gasteiger partial charge < -0.3 is 10.4 Å². The highest BCUT2D eigenvalue weighted by molar-refractivity contribution is 7.99. The second-order valence-electron chi connectivity index (χ2n) is 5.45. The Morgan fingerprint density at radius 3 is 2.59 bits per heavy atom. The normalized spacial score (nSPS) is 12.2. The highest BCUT2D eigenvalue weighted by Gasteiger charge is 2.20. The number of hydrogen-bond acceptors (Lipinski definition) is 3. The van der Waals surface area contributed by atoms with Crippen molar-refractivity contribution in [3.63, 3.8) is 0 Å². The number of rotatable bonds is 8. The van der Waals surface area contributed by atoms with Crippen LogP contribution in [0.15, 0.2) is 23.1 Å². The predicted octanol–water partition coefficient (Wildman–Crippen LogP) is 3.93. The molecule has 0 aliphatic carbocycles. The molecule has 4 nitrogen and oxygen atoms in total. The summed E-state index contributed by atoms with van der Waals surface area (Å²) in [5.74, 6) is -0.625. The predicted molar refractivity (Wildman–Crippen MR) is 90.8 cm³/mol. The van der Waals surface area contributed by atoms with E-state index < -0.39 is 11.9 Å². The lowest BCUT2D eigenvalue weighted by Gasteiger charge is -2.16. The van der Waals surface area contributed by atoms with Gasteiger partial charge in [-0.05, 0) is 36.3 Å². The van der Waals surface area contributed by atoms with Crippen LogP contribution in [0.2, 0.25) is 5.02 Å². The van der Waals surface area contributed by atoms with Gasteiger partial charge in [0.2, 0.25) is 0 Å². The molecular formula is C16H22ClNO3S. The van der Waals surface area contributed by atoms with Gasteiger partial charge in [-0.25, -0.2) is 0 Å². The van der Waals surface area contributed by atoms with Crippen LogP contribution >= 0.6 is 23.4 Å². The van der Waals surface area contributed by atoms with Crippen LogP contribution in [0.4, 0.5) is 0 Å². The Labute approximate surface area is 140 Å². The van der Waals surface area contributed by atoms with Crippen LogP contribution in [0.5, 0.6) is 0 Å². The number of amides is 1. The Balaban J connectivity index is 2.78. The molecule has 0 spiro atoms. The maximum Gasteiger partial charge on any atom is 0.308 e. The van der Waals surface area contributed by atoms with E-state index in [1.807, 2.05) is 20.8 Å². The van der Waals surface area contributed by atoms with Crippen LogP contribution in [-0.2, 0) is 4.79 Å². The minimum Gasteiger partial charge on any atom is -0.481 e. The quantitative estimate of drug-likeness (QED) is 0.702. The van der Waals surface area contributed by atoms with Crippen molar-refractivity contribution in [1.29, 1.82) is 0 Å².